The van der Waals surface area contributed by atoms with Crippen LogP contribution in [-0.2, 0) is 6.54 Å². The van der Waals surface area contributed by atoms with Gasteiger partial charge < -0.3 is 5.32 Å². The van der Waals surface area contributed by atoms with Gasteiger partial charge in [-0.25, -0.2) is 4.98 Å². The second kappa shape index (κ2) is 4.19. The molecular weight excluding hydrogens is 194 g/mol. The van der Waals surface area contributed by atoms with Crippen LogP contribution in [0.25, 0.3) is 0 Å². The molecule has 0 atom stereocenters. The molecule has 2 aromatic rings. The zero-order valence-corrected chi connectivity index (χ0v) is 8.71. The highest BCUT2D eigenvalue weighted by atomic mass is 32.1. The summed E-state index contributed by atoms with van der Waals surface area (Å²) in [5, 5.41) is 3.23. The molecule has 72 valence electrons. The summed E-state index contributed by atoms with van der Waals surface area (Å²) in [6, 6.07) is 4.03. The zero-order valence-electron chi connectivity index (χ0n) is 7.90. The van der Waals surface area contributed by atoms with Gasteiger partial charge in [-0.3, -0.25) is 4.98 Å². The molecule has 2 rings (SSSR count). The van der Waals surface area contributed by atoms with E-state index in [1.165, 1.54) is 10.4 Å². The summed E-state index contributed by atoms with van der Waals surface area (Å²) in [4.78, 5) is 9.47. The maximum atomic E-state index is 4.25. The minimum absolute atomic E-state index is 0.792. The van der Waals surface area contributed by atoms with Crippen LogP contribution in [0.15, 0.2) is 30.0 Å². The molecule has 0 fully saturated rings. The number of pyridine rings is 1. The van der Waals surface area contributed by atoms with Gasteiger partial charge in [0, 0.05) is 17.3 Å². The molecule has 0 unspecified atom stereocenters. The van der Waals surface area contributed by atoms with Crippen molar-refractivity contribution in [1.29, 1.82) is 0 Å². The third kappa shape index (κ3) is 2.29. The van der Waals surface area contributed by atoms with Gasteiger partial charge in [-0.1, -0.05) is 6.07 Å². The highest BCUT2D eigenvalue weighted by molar-refractivity contribution is 7.09. The zero-order chi connectivity index (χ0) is 9.80. The third-order valence-corrected chi connectivity index (χ3v) is 2.62. The second-order valence-corrected chi connectivity index (χ2v) is 4.01. The summed E-state index contributed by atoms with van der Waals surface area (Å²) in [5.41, 5.74) is 3.01. The molecule has 0 saturated heterocycles. The average Bonchev–Trinajstić information content (AvgIpc) is 2.70. The van der Waals surface area contributed by atoms with Crippen LogP contribution in [0.3, 0.4) is 0 Å². The lowest BCUT2D eigenvalue weighted by molar-refractivity contribution is 1.12. The Kier molecular flexibility index (Phi) is 2.74. The molecule has 14 heavy (non-hydrogen) atoms. The van der Waals surface area contributed by atoms with Crippen LogP contribution in [0.1, 0.15) is 10.4 Å². The van der Waals surface area contributed by atoms with E-state index in [9.17, 15) is 0 Å². The number of nitrogens with zero attached hydrogens (tertiary/aromatic N) is 2. The van der Waals surface area contributed by atoms with E-state index in [2.05, 4.69) is 15.3 Å². The van der Waals surface area contributed by atoms with Crippen molar-refractivity contribution in [3.05, 3.63) is 40.5 Å². The van der Waals surface area contributed by atoms with E-state index >= 15 is 0 Å². The van der Waals surface area contributed by atoms with E-state index in [0.717, 1.165) is 12.4 Å². The molecule has 4 heteroatoms. The van der Waals surface area contributed by atoms with Crippen molar-refractivity contribution in [1.82, 2.24) is 9.97 Å². The van der Waals surface area contributed by atoms with Gasteiger partial charge in [0.15, 0.2) is 0 Å². The van der Waals surface area contributed by atoms with Crippen LogP contribution < -0.4 is 5.32 Å². The first-order valence-electron chi connectivity index (χ1n) is 4.38. The molecular formula is C10H11N3S. The molecule has 3 nitrogen and oxygen atoms in total. The molecule has 0 radical (unpaired) electrons. The normalized spacial score (nSPS) is 10.1. The summed E-state index contributed by atoms with van der Waals surface area (Å²) in [5.74, 6) is 0.906. The van der Waals surface area contributed by atoms with Crippen LogP contribution in [0.2, 0.25) is 0 Å². The molecule has 0 spiro atoms. The number of hydrogen-bond donors (Lipinski definition) is 1. The van der Waals surface area contributed by atoms with E-state index in [1.807, 2.05) is 37.0 Å². The van der Waals surface area contributed by atoms with Crippen LogP contribution in [0, 0.1) is 6.92 Å². The predicted octanol–water partition coefficient (Wildman–Crippen LogP) is 2.46. The molecule has 1 N–H and O–H groups in total. The number of hydrogen-bond acceptors (Lipinski definition) is 4. The van der Waals surface area contributed by atoms with Crippen LogP contribution in [0.4, 0.5) is 5.82 Å². The SMILES string of the molecule is Cc1ccc(NCc2cncs2)nc1. The fourth-order valence-corrected chi connectivity index (χ4v) is 1.61. The topological polar surface area (TPSA) is 37.8 Å². The lowest BCUT2D eigenvalue weighted by atomic mass is 10.3. The minimum Gasteiger partial charge on any atom is -0.365 e. The molecule has 0 aromatic carbocycles. The fourth-order valence-electron chi connectivity index (χ4n) is 1.08. The van der Waals surface area contributed by atoms with E-state index in [1.54, 1.807) is 11.3 Å². The van der Waals surface area contributed by atoms with Crippen molar-refractivity contribution in [3.8, 4) is 0 Å². The maximum Gasteiger partial charge on any atom is 0.126 e. The Morgan fingerprint density at radius 2 is 2.29 bits per heavy atom. The maximum absolute atomic E-state index is 4.25. The minimum atomic E-state index is 0.792. The monoisotopic (exact) mass is 205 g/mol. The third-order valence-electron chi connectivity index (χ3n) is 1.84. The number of thiazole rings is 1. The first-order valence-corrected chi connectivity index (χ1v) is 5.26. The van der Waals surface area contributed by atoms with Gasteiger partial charge in [-0.2, -0.15) is 0 Å². The van der Waals surface area contributed by atoms with Gasteiger partial charge >= 0.3 is 0 Å². The van der Waals surface area contributed by atoms with Gasteiger partial charge in [0.1, 0.15) is 5.82 Å². The van der Waals surface area contributed by atoms with E-state index in [-0.39, 0.29) is 0 Å². The van der Waals surface area contributed by atoms with Gasteiger partial charge in [0.05, 0.1) is 12.1 Å². The van der Waals surface area contributed by atoms with Crippen LogP contribution in [0.5, 0.6) is 0 Å². The van der Waals surface area contributed by atoms with Crippen LogP contribution in [-0.4, -0.2) is 9.97 Å². The Morgan fingerprint density at radius 1 is 1.36 bits per heavy atom. The molecule has 0 aliphatic carbocycles. The number of anilines is 1. The average molecular weight is 205 g/mol. The number of aromatic nitrogens is 2. The lowest BCUT2D eigenvalue weighted by Gasteiger charge is -2.02. The van der Waals surface area contributed by atoms with E-state index in [4.69, 9.17) is 0 Å². The Balaban J connectivity index is 1.95. The number of aryl methyl sites for hydroxylation is 1. The molecule has 0 aliphatic heterocycles. The summed E-state index contributed by atoms with van der Waals surface area (Å²) >= 11 is 1.64. The van der Waals surface area contributed by atoms with E-state index in [0.29, 0.717) is 0 Å². The summed E-state index contributed by atoms with van der Waals surface area (Å²) in [7, 11) is 0. The molecule has 0 bridgehead atoms. The Morgan fingerprint density at radius 3 is 2.93 bits per heavy atom. The predicted molar refractivity (Wildman–Crippen MR) is 58.4 cm³/mol. The summed E-state index contributed by atoms with van der Waals surface area (Å²) < 4.78 is 0. The Hall–Kier alpha value is -1.42. The largest absolute Gasteiger partial charge is 0.365 e. The highest BCUT2D eigenvalue weighted by Gasteiger charge is 1.95. The van der Waals surface area contributed by atoms with E-state index < -0.39 is 0 Å². The number of nitrogens with one attached hydrogen (secondary N) is 1. The van der Waals surface area contributed by atoms with Gasteiger partial charge in [-0.15, -0.1) is 11.3 Å². The van der Waals surface area contributed by atoms with Crippen molar-refractivity contribution in [2.45, 2.75) is 13.5 Å². The van der Waals surface area contributed by atoms with Crippen molar-refractivity contribution in [3.63, 3.8) is 0 Å². The smallest absolute Gasteiger partial charge is 0.126 e. The molecule has 2 heterocycles. The molecule has 0 amide bonds. The molecule has 0 aliphatic rings. The first kappa shape index (κ1) is 9.15. The Bertz CT molecular complexity index is 380. The lowest BCUT2D eigenvalue weighted by Crippen LogP contribution is -1.99. The first-order chi connectivity index (χ1) is 6.84. The van der Waals surface area contributed by atoms with Gasteiger partial charge in [0.2, 0.25) is 0 Å². The highest BCUT2D eigenvalue weighted by Crippen LogP contribution is 2.09. The van der Waals surface area contributed by atoms with Crippen LogP contribution >= 0.6 is 11.3 Å². The van der Waals surface area contributed by atoms with Gasteiger partial charge in [-0.05, 0) is 18.6 Å². The Labute approximate surface area is 86.8 Å². The summed E-state index contributed by atoms with van der Waals surface area (Å²) in [6.07, 6.45) is 3.72. The second-order valence-electron chi connectivity index (χ2n) is 3.04. The van der Waals surface area contributed by atoms with Crippen molar-refractivity contribution >= 4 is 17.2 Å². The quantitative estimate of drug-likeness (QED) is 0.836. The number of rotatable bonds is 3. The van der Waals surface area contributed by atoms with Crippen molar-refractivity contribution in [2.24, 2.45) is 0 Å². The molecule has 2 aromatic heterocycles. The fraction of sp³-hybridized carbons (Fsp3) is 0.200. The van der Waals surface area contributed by atoms with Crippen molar-refractivity contribution in [2.75, 3.05) is 5.32 Å². The molecule has 0 saturated carbocycles. The van der Waals surface area contributed by atoms with Gasteiger partial charge in [0.25, 0.3) is 0 Å². The van der Waals surface area contributed by atoms with Crippen molar-refractivity contribution < 1.29 is 0 Å². The standard InChI is InChI=1S/C10H11N3S/c1-8-2-3-10(12-4-8)13-6-9-5-11-7-14-9/h2-5,7H,6H2,1H3,(H,12,13). The summed E-state index contributed by atoms with van der Waals surface area (Å²) in [6.45, 7) is 2.82.